The van der Waals surface area contributed by atoms with Crippen molar-refractivity contribution in [1.82, 2.24) is 0 Å². The summed E-state index contributed by atoms with van der Waals surface area (Å²) >= 11 is 16.2. The van der Waals surface area contributed by atoms with Gasteiger partial charge in [0.05, 0.1) is 4.92 Å². The predicted octanol–water partition coefficient (Wildman–Crippen LogP) is 2.99. The van der Waals surface area contributed by atoms with Crippen molar-refractivity contribution < 1.29 is 9.72 Å². The quantitative estimate of drug-likeness (QED) is 0.526. The number of carbonyl (C=O) groups is 1. The van der Waals surface area contributed by atoms with Crippen molar-refractivity contribution in [3.05, 3.63) is 33.3 Å². The number of nitro benzene ring substituents is 1. The Morgan fingerprint density at radius 2 is 2.06 bits per heavy atom. The monoisotopic (exact) mass is 282 g/mol. The van der Waals surface area contributed by atoms with Crippen molar-refractivity contribution in [3.8, 4) is 0 Å². The Labute approximate surface area is 105 Å². The smallest absolute Gasteiger partial charge is 0.292 e. The number of amides is 1. The van der Waals surface area contributed by atoms with Gasteiger partial charge in [-0.25, -0.2) is 0 Å². The molecule has 16 heavy (non-hydrogen) atoms. The lowest BCUT2D eigenvalue weighted by Crippen LogP contribution is -2.19. The lowest BCUT2D eigenvalue weighted by atomic mass is 10.2. The van der Waals surface area contributed by atoms with Crippen molar-refractivity contribution in [2.75, 3.05) is 5.32 Å². The largest absolute Gasteiger partial charge is 0.318 e. The predicted molar refractivity (Wildman–Crippen MR) is 62.2 cm³/mol. The average Bonchev–Trinajstić information content (AvgIpc) is 2.16. The van der Waals surface area contributed by atoms with E-state index in [1.807, 2.05) is 0 Å². The number of hydrogen-bond donors (Lipinski definition) is 1. The molecule has 0 atom stereocenters. The van der Waals surface area contributed by atoms with Gasteiger partial charge in [-0.15, -0.1) is 0 Å². The zero-order valence-electron chi connectivity index (χ0n) is 7.62. The third-order valence-electron chi connectivity index (χ3n) is 1.61. The third-order valence-corrected chi connectivity index (χ3v) is 2.24. The minimum Gasteiger partial charge on any atom is -0.318 e. The molecule has 0 fully saturated rings. The second kappa shape index (κ2) is 5.34. The van der Waals surface area contributed by atoms with Crippen molar-refractivity contribution in [2.45, 2.75) is 4.84 Å². The molecule has 0 unspecified atom stereocenters. The fourth-order valence-corrected chi connectivity index (χ4v) is 1.24. The number of rotatable bonds is 3. The molecular weight excluding hydrogens is 278 g/mol. The lowest BCUT2D eigenvalue weighted by Gasteiger charge is -2.06. The van der Waals surface area contributed by atoms with Crippen LogP contribution < -0.4 is 5.32 Å². The third kappa shape index (κ3) is 3.23. The molecule has 0 aliphatic heterocycles. The molecule has 1 amide bonds. The van der Waals surface area contributed by atoms with E-state index in [-0.39, 0.29) is 16.4 Å². The van der Waals surface area contributed by atoms with Crippen LogP contribution in [0.2, 0.25) is 5.02 Å². The van der Waals surface area contributed by atoms with Gasteiger partial charge >= 0.3 is 0 Å². The Kier molecular flexibility index (Phi) is 4.35. The fourth-order valence-electron chi connectivity index (χ4n) is 0.955. The van der Waals surface area contributed by atoms with Crippen LogP contribution in [-0.2, 0) is 4.79 Å². The number of nitrogens with zero attached hydrogens (tertiary/aromatic N) is 1. The van der Waals surface area contributed by atoms with E-state index in [1.54, 1.807) is 0 Å². The highest BCUT2D eigenvalue weighted by molar-refractivity contribution is 6.54. The maximum Gasteiger partial charge on any atom is 0.292 e. The molecule has 0 heterocycles. The molecule has 0 radical (unpaired) electrons. The van der Waals surface area contributed by atoms with Crippen molar-refractivity contribution in [1.29, 1.82) is 0 Å². The molecule has 0 spiro atoms. The molecule has 86 valence electrons. The van der Waals surface area contributed by atoms with Crippen LogP contribution >= 0.6 is 34.8 Å². The van der Waals surface area contributed by atoms with Gasteiger partial charge in [0, 0.05) is 11.1 Å². The van der Waals surface area contributed by atoms with E-state index in [4.69, 9.17) is 34.8 Å². The van der Waals surface area contributed by atoms with E-state index in [0.717, 1.165) is 0 Å². The average molecular weight is 283 g/mol. The Balaban J connectivity index is 3.06. The first-order valence-electron chi connectivity index (χ1n) is 3.95. The van der Waals surface area contributed by atoms with Crippen LogP contribution in [0.1, 0.15) is 0 Å². The molecule has 5 nitrogen and oxygen atoms in total. The van der Waals surface area contributed by atoms with Gasteiger partial charge in [0.15, 0.2) is 4.84 Å². The van der Waals surface area contributed by atoms with Gasteiger partial charge in [-0.2, -0.15) is 0 Å². The SMILES string of the molecule is O=C(Nc1cc(Cl)ccc1[N+](=O)[O-])C(Cl)Cl. The Bertz CT molecular complexity index is 437. The van der Waals surface area contributed by atoms with Gasteiger partial charge in [-0.1, -0.05) is 34.8 Å². The van der Waals surface area contributed by atoms with E-state index < -0.39 is 15.7 Å². The standard InChI is InChI=1S/C8H5Cl3N2O3/c9-4-1-2-6(13(15)16)5(3-4)12-8(14)7(10)11/h1-3,7H,(H,12,14). The summed E-state index contributed by atoms with van der Waals surface area (Å²) in [6.07, 6.45) is 0. The Morgan fingerprint density at radius 3 is 2.56 bits per heavy atom. The summed E-state index contributed by atoms with van der Waals surface area (Å²) in [4.78, 5) is 19.8. The van der Waals surface area contributed by atoms with Crippen LogP contribution in [-0.4, -0.2) is 15.7 Å². The fraction of sp³-hybridized carbons (Fsp3) is 0.125. The van der Waals surface area contributed by atoms with E-state index in [2.05, 4.69) is 5.32 Å². The molecule has 8 heteroatoms. The maximum atomic E-state index is 11.2. The van der Waals surface area contributed by atoms with E-state index in [1.165, 1.54) is 18.2 Å². The normalized spacial score (nSPS) is 10.2. The van der Waals surface area contributed by atoms with Crippen LogP contribution in [0.4, 0.5) is 11.4 Å². The van der Waals surface area contributed by atoms with E-state index >= 15 is 0 Å². The summed E-state index contributed by atoms with van der Waals surface area (Å²) in [7, 11) is 0. The topological polar surface area (TPSA) is 72.2 Å². The molecule has 1 aromatic carbocycles. The molecule has 1 aromatic rings. The van der Waals surface area contributed by atoms with Gasteiger partial charge in [0.1, 0.15) is 5.69 Å². The second-order valence-electron chi connectivity index (χ2n) is 2.71. The summed E-state index contributed by atoms with van der Waals surface area (Å²) in [6, 6.07) is 3.76. The molecule has 1 N–H and O–H groups in total. The first-order chi connectivity index (χ1) is 7.41. The van der Waals surface area contributed by atoms with Crippen LogP contribution in [0, 0.1) is 10.1 Å². The van der Waals surface area contributed by atoms with E-state index in [9.17, 15) is 14.9 Å². The number of hydrogen-bond acceptors (Lipinski definition) is 3. The Morgan fingerprint density at radius 1 is 1.44 bits per heavy atom. The van der Waals surface area contributed by atoms with Crippen molar-refractivity contribution >= 4 is 52.1 Å². The Hall–Kier alpha value is -1.04. The molecule has 1 rings (SSSR count). The summed E-state index contributed by atoms with van der Waals surface area (Å²) in [5, 5.41) is 13.1. The highest BCUT2D eigenvalue weighted by Crippen LogP contribution is 2.28. The number of anilines is 1. The minimum absolute atomic E-state index is 0.0474. The highest BCUT2D eigenvalue weighted by atomic mass is 35.5. The maximum absolute atomic E-state index is 11.2. The van der Waals surface area contributed by atoms with Gasteiger partial charge in [-0.3, -0.25) is 14.9 Å². The molecule has 0 aromatic heterocycles. The summed E-state index contributed by atoms with van der Waals surface area (Å²) in [5.41, 5.74) is -0.333. The lowest BCUT2D eigenvalue weighted by molar-refractivity contribution is -0.383. The zero-order valence-corrected chi connectivity index (χ0v) is 9.88. The summed E-state index contributed by atoms with van der Waals surface area (Å²) in [5.74, 6) is -0.756. The van der Waals surface area contributed by atoms with E-state index in [0.29, 0.717) is 0 Å². The molecular formula is C8H5Cl3N2O3. The first kappa shape index (κ1) is 13.0. The van der Waals surface area contributed by atoms with Gasteiger partial charge in [-0.05, 0) is 12.1 Å². The van der Waals surface area contributed by atoms with Crippen molar-refractivity contribution in [3.63, 3.8) is 0 Å². The van der Waals surface area contributed by atoms with Gasteiger partial charge in [0.2, 0.25) is 0 Å². The zero-order chi connectivity index (χ0) is 12.3. The number of alkyl halides is 2. The summed E-state index contributed by atoms with van der Waals surface area (Å²) < 4.78 is 0. The number of nitro groups is 1. The van der Waals surface area contributed by atoms with Crippen LogP contribution in [0.5, 0.6) is 0 Å². The highest BCUT2D eigenvalue weighted by Gasteiger charge is 2.19. The molecule has 0 aliphatic rings. The number of carbonyl (C=O) groups excluding carboxylic acids is 1. The van der Waals surface area contributed by atoms with Gasteiger partial charge in [0.25, 0.3) is 11.6 Å². The minimum atomic E-state index is -1.31. The second-order valence-corrected chi connectivity index (χ2v) is 4.24. The van der Waals surface area contributed by atoms with Crippen LogP contribution in [0.3, 0.4) is 0 Å². The van der Waals surface area contributed by atoms with Crippen LogP contribution in [0.25, 0.3) is 0 Å². The molecule has 0 bridgehead atoms. The summed E-state index contributed by atoms with van der Waals surface area (Å²) in [6.45, 7) is 0. The molecule has 0 saturated carbocycles. The number of nitrogens with one attached hydrogen (secondary N) is 1. The van der Waals surface area contributed by atoms with Gasteiger partial charge < -0.3 is 5.32 Å². The van der Waals surface area contributed by atoms with Crippen LogP contribution in [0.15, 0.2) is 18.2 Å². The molecule has 0 aliphatic carbocycles. The first-order valence-corrected chi connectivity index (χ1v) is 5.20. The van der Waals surface area contributed by atoms with Crippen molar-refractivity contribution in [2.24, 2.45) is 0 Å². The molecule has 0 saturated heterocycles. The number of halogens is 3. The number of benzene rings is 1.